The molecule has 0 atom stereocenters. The number of nitro benzene ring substituents is 1. The number of carbonyl (C=O) groups excluding carboxylic acids is 1. The summed E-state index contributed by atoms with van der Waals surface area (Å²) in [6, 6.07) is 4.09. The van der Waals surface area contributed by atoms with Crippen molar-refractivity contribution in [1.82, 2.24) is 0 Å². The van der Waals surface area contributed by atoms with E-state index >= 15 is 0 Å². The molecule has 0 fully saturated rings. The summed E-state index contributed by atoms with van der Waals surface area (Å²) in [6.45, 7) is 7.78. The summed E-state index contributed by atoms with van der Waals surface area (Å²) in [5, 5.41) is 11.1. The molecule has 216 valence electrons. The van der Waals surface area contributed by atoms with Crippen molar-refractivity contribution >= 4 is 48.8 Å². The van der Waals surface area contributed by atoms with Crippen LogP contribution in [0.25, 0.3) is 0 Å². The van der Waals surface area contributed by atoms with Crippen molar-refractivity contribution in [1.29, 1.82) is 0 Å². The molecule has 0 aliphatic heterocycles. The maximum atomic E-state index is 14.7. The van der Waals surface area contributed by atoms with Crippen LogP contribution in [0.2, 0.25) is 5.02 Å². The standard InChI is InChI=1S/C24H30ClFN2O9S2/c1-6-12-38(32,33)13-7-14-39(34,35)27-17-9-8-16(26)22(21(17)25)36-19-11-10-18(28(30)31)20(15(19)2)23(29)37-24(3,4)5/h8-11,27H,6-7,12-14H2,1-5H3. The predicted molar refractivity (Wildman–Crippen MR) is 145 cm³/mol. The van der Waals surface area contributed by atoms with Crippen LogP contribution >= 0.6 is 11.6 Å². The number of sulfonamides is 1. The van der Waals surface area contributed by atoms with Gasteiger partial charge in [-0.05, 0) is 58.7 Å². The Morgan fingerprint density at radius 3 is 2.31 bits per heavy atom. The fraction of sp³-hybridized carbons (Fsp3) is 0.458. The van der Waals surface area contributed by atoms with Gasteiger partial charge in [0.15, 0.2) is 11.6 Å². The van der Waals surface area contributed by atoms with E-state index in [0.717, 1.165) is 24.3 Å². The molecule has 0 radical (unpaired) electrons. The molecule has 0 amide bonds. The second-order valence-corrected chi connectivity index (χ2v) is 14.1. The highest BCUT2D eigenvalue weighted by molar-refractivity contribution is 7.93. The van der Waals surface area contributed by atoms with Gasteiger partial charge in [0, 0.05) is 17.4 Å². The predicted octanol–water partition coefficient (Wildman–Crippen LogP) is 5.40. The van der Waals surface area contributed by atoms with E-state index < -0.39 is 69.9 Å². The molecule has 2 aromatic carbocycles. The number of benzene rings is 2. The summed E-state index contributed by atoms with van der Waals surface area (Å²) < 4.78 is 76.5. The topological polar surface area (TPSA) is 159 Å². The molecule has 15 heteroatoms. The Morgan fingerprint density at radius 2 is 1.74 bits per heavy atom. The highest BCUT2D eigenvalue weighted by Gasteiger charge is 2.30. The fourth-order valence-electron chi connectivity index (χ4n) is 3.44. The van der Waals surface area contributed by atoms with Crippen LogP contribution in [0.3, 0.4) is 0 Å². The number of halogens is 2. The third kappa shape index (κ3) is 9.04. The summed E-state index contributed by atoms with van der Waals surface area (Å²) in [7, 11) is -7.45. The van der Waals surface area contributed by atoms with Crippen LogP contribution in [-0.4, -0.2) is 50.6 Å². The fourth-order valence-corrected chi connectivity index (χ4v) is 6.46. The van der Waals surface area contributed by atoms with Crippen molar-refractivity contribution in [3.8, 4) is 11.5 Å². The first-order valence-electron chi connectivity index (χ1n) is 11.8. The summed E-state index contributed by atoms with van der Waals surface area (Å²) in [5.74, 6) is -3.63. The molecule has 0 heterocycles. The quantitative estimate of drug-likeness (QED) is 0.189. The average Bonchev–Trinajstić information content (AvgIpc) is 2.77. The molecule has 0 aliphatic carbocycles. The molecule has 39 heavy (non-hydrogen) atoms. The van der Waals surface area contributed by atoms with Crippen LogP contribution in [0.4, 0.5) is 15.8 Å². The minimum absolute atomic E-state index is 0.0341. The van der Waals surface area contributed by atoms with E-state index in [-0.39, 0.29) is 34.9 Å². The molecule has 0 aliphatic rings. The van der Waals surface area contributed by atoms with E-state index in [0.29, 0.717) is 6.42 Å². The van der Waals surface area contributed by atoms with Crippen molar-refractivity contribution < 1.29 is 40.4 Å². The lowest BCUT2D eigenvalue weighted by Crippen LogP contribution is -2.25. The largest absolute Gasteiger partial charge is 0.456 e. The van der Waals surface area contributed by atoms with Gasteiger partial charge in [0.1, 0.15) is 31.8 Å². The molecule has 0 unspecified atom stereocenters. The van der Waals surface area contributed by atoms with Crippen molar-refractivity contribution in [3.05, 3.63) is 56.3 Å². The Balaban J connectivity index is 2.39. The van der Waals surface area contributed by atoms with Crippen molar-refractivity contribution in [3.63, 3.8) is 0 Å². The van der Waals surface area contributed by atoms with Gasteiger partial charge in [-0.15, -0.1) is 0 Å². The number of rotatable bonds is 12. The first-order chi connectivity index (χ1) is 17.9. The molecule has 0 aromatic heterocycles. The van der Waals surface area contributed by atoms with E-state index in [4.69, 9.17) is 21.1 Å². The zero-order valence-corrected chi connectivity index (χ0v) is 24.4. The molecule has 0 saturated carbocycles. The number of ether oxygens (including phenoxy) is 2. The normalized spacial score (nSPS) is 12.2. The highest BCUT2D eigenvalue weighted by Crippen LogP contribution is 2.40. The Morgan fingerprint density at radius 1 is 1.10 bits per heavy atom. The van der Waals surface area contributed by atoms with Crippen LogP contribution in [0.15, 0.2) is 24.3 Å². The zero-order valence-electron chi connectivity index (χ0n) is 22.0. The third-order valence-electron chi connectivity index (χ3n) is 5.10. The van der Waals surface area contributed by atoms with Crippen molar-refractivity contribution in [2.24, 2.45) is 0 Å². The minimum Gasteiger partial charge on any atom is -0.456 e. The van der Waals surface area contributed by atoms with Gasteiger partial charge in [-0.2, -0.15) is 0 Å². The maximum Gasteiger partial charge on any atom is 0.346 e. The Bertz CT molecular complexity index is 1470. The first kappa shape index (κ1) is 32.2. The van der Waals surface area contributed by atoms with Crippen molar-refractivity contribution in [2.45, 2.75) is 53.1 Å². The van der Waals surface area contributed by atoms with E-state index in [1.807, 2.05) is 0 Å². The maximum absolute atomic E-state index is 14.7. The Hall–Kier alpha value is -2.97. The van der Waals surface area contributed by atoms with E-state index in [2.05, 4.69) is 4.72 Å². The van der Waals surface area contributed by atoms with E-state index in [9.17, 15) is 36.1 Å². The summed E-state index contributed by atoms with van der Waals surface area (Å²) in [5.41, 5.74) is -2.19. The van der Waals surface area contributed by atoms with Gasteiger partial charge >= 0.3 is 5.97 Å². The Labute approximate surface area is 231 Å². The van der Waals surface area contributed by atoms with Crippen LogP contribution in [0.1, 0.15) is 56.5 Å². The molecule has 0 spiro atoms. The lowest BCUT2D eigenvalue weighted by Gasteiger charge is -2.21. The van der Waals surface area contributed by atoms with Crippen LogP contribution in [0, 0.1) is 22.9 Å². The van der Waals surface area contributed by atoms with Crippen LogP contribution in [-0.2, 0) is 24.6 Å². The van der Waals surface area contributed by atoms with Gasteiger partial charge in [0.25, 0.3) is 5.69 Å². The molecule has 2 rings (SSSR count). The molecule has 11 nitrogen and oxygen atoms in total. The number of hydrogen-bond acceptors (Lipinski definition) is 9. The van der Waals surface area contributed by atoms with Gasteiger partial charge in [0.05, 0.1) is 22.1 Å². The monoisotopic (exact) mass is 608 g/mol. The number of esters is 1. The molecule has 1 N–H and O–H groups in total. The van der Waals surface area contributed by atoms with Crippen LogP contribution < -0.4 is 9.46 Å². The lowest BCUT2D eigenvalue weighted by molar-refractivity contribution is -0.385. The van der Waals surface area contributed by atoms with Gasteiger partial charge in [0.2, 0.25) is 10.0 Å². The second kappa shape index (κ2) is 12.5. The third-order valence-corrected chi connectivity index (χ3v) is 8.78. The number of nitrogens with one attached hydrogen (secondary N) is 1. The second-order valence-electron chi connectivity index (χ2n) is 9.61. The van der Waals surface area contributed by atoms with Gasteiger partial charge in [-0.25, -0.2) is 26.0 Å². The summed E-state index contributed by atoms with van der Waals surface area (Å²) in [4.78, 5) is 23.5. The number of nitro groups is 1. The molecule has 0 bridgehead atoms. The smallest absolute Gasteiger partial charge is 0.346 e. The molecule has 0 saturated heterocycles. The SMILES string of the molecule is CCCS(=O)(=O)CCCS(=O)(=O)Nc1ccc(F)c(Oc2ccc([N+](=O)[O-])c(C(=O)OC(C)(C)C)c2C)c1Cl. The molecule has 2 aromatic rings. The number of sulfone groups is 1. The summed E-state index contributed by atoms with van der Waals surface area (Å²) in [6.07, 6.45) is 0.254. The number of nitrogens with zero attached hydrogens (tertiary/aromatic N) is 1. The number of hydrogen-bond donors (Lipinski definition) is 1. The van der Waals surface area contributed by atoms with Crippen LogP contribution in [0.5, 0.6) is 11.5 Å². The number of carbonyl (C=O) groups is 1. The zero-order chi connectivity index (χ0) is 29.8. The number of anilines is 1. The molecular weight excluding hydrogens is 579 g/mol. The summed E-state index contributed by atoms with van der Waals surface area (Å²) >= 11 is 6.25. The minimum atomic E-state index is -4.07. The van der Waals surface area contributed by atoms with Gasteiger partial charge in [-0.3, -0.25) is 14.8 Å². The van der Waals surface area contributed by atoms with Gasteiger partial charge < -0.3 is 9.47 Å². The van der Waals surface area contributed by atoms with E-state index in [1.54, 1.807) is 27.7 Å². The average molecular weight is 609 g/mol. The first-order valence-corrected chi connectivity index (χ1v) is 15.6. The van der Waals surface area contributed by atoms with Gasteiger partial charge in [-0.1, -0.05) is 18.5 Å². The highest BCUT2D eigenvalue weighted by atomic mass is 35.5. The molecular formula is C24H30ClFN2O9S2. The van der Waals surface area contributed by atoms with E-state index in [1.165, 1.54) is 6.92 Å². The van der Waals surface area contributed by atoms with Crippen molar-refractivity contribution in [2.75, 3.05) is 22.0 Å². The lowest BCUT2D eigenvalue weighted by atomic mass is 10.0. The Kier molecular flexibility index (Phi) is 10.3.